The summed E-state index contributed by atoms with van der Waals surface area (Å²) in [6, 6.07) is 0.104. The zero-order valence-corrected chi connectivity index (χ0v) is 10.5. The summed E-state index contributed by atoms with van der Waals surface area (Å²) in [7, 11) is -0.740. The fourth-order valence-corrected chi connectivity index (χ4v) is 2.55. The standard InChI is InChI=1S/C10H24N2OS/c1-4-10(11)9-14(13)8-7-12(5-2)6-3/h10H,4-9,11H2,1-3H3. The van der Waals surface area contributed by atoms with Crippen molar-refractivity contribution < 1.29 is 4.21 Å². The van der Waals surface area contributed by atoms with Crippen molar-refractivity contribution in [3.05, 3.63) is 0 Å². The molecule has 0 aromatic rings. The lowest BCUT2D eigenvalue weighted by Crippen LogP contribution is -2.31. The smallest absolute Gasteiger partial charge is 0.0387 e. The van der Waals surface area contributed by atoms with Gasteiger partial charge in [0.2, 0.25) is 0 Å². The zero-order valence-electron chi connectivity index (χ0n) is 9.66. The molecule has 0 saturated carbocycles. The van der Waals surface area contributed by atoms with Gasteiger partial charge in [0.1, 0.15) is 0 Å². The van der Waals surface area contributed by atoms with Gasteiger partial charge in [-0.1, -0.05) is 20.8 Å². The average molecular weight is 220 g/mol. The molecule has 4 heteroatoms. The van der Waals surface area contributed by atoms with Crippen molar-refractivity contribution in [1.82, 2.24) is 4.90 Å². The van der Waals surface area contributed by atoms with Gasteiger partial charge in [0, 0.05) is 34.9 Å². The minimum Gasteiger partial charge on any atom is -0.327 e. The topological polar surface area (TPSA) is 46.3 Å². The molecule has 0 spiro atoms. The van der Waals surface area contributed by atoms with Crippen LogP contribution in [-0.2, 0) is 10.8 Å². The lowest BCUT2D eigenvalue weighted by molar-refractivity contribution is 0.323. The van der Waals surface area contributed by atoms with E-state index in [4.69, 9.17) is 5.73 Å². The Bertz CT molecular complexity index is 160. The summed E-state index contributed by atoms with van der Waals surface area (Å²) in [5.74, 6) is 1.41. The molecule has 2 atom stereocenters. The summed E-state index contributed by atoms with van der Waals surface area (Å²) in [6.07, 6.45) is 0.914. The minimum absolute atomic E-state index is 0.104. The van der Waals surface area contributed by atoms with E-state index in [2.05, 4.69) is 18.7 Å². The first-order valence-electron chi connectivity index (χ1n) is 5.46. The van der Waals surface area contributed by atoms with Gasteiger partial charge in [0.15, 0.2) is 0 Å². The summed E-state index contributed by atoms with van der Waals surface area (Å²) in [6.45, 7) is 9.29. The molecule has 0 aromatic heterocycles. The van der Waals surface area contributed by atoms with Gasteiger partial charge < -0.3 is 10.6 Å². The van der Waals surface area contributed by atoms with Crippen LogP contribution >= 0.6 is 0 Å². The van der Waals surface area contributed by atoms with E-state index in [-0.39, 0.29) is 6.04 Å². The first-order chi connectivity index (χ1) is 6.63. The third kappa shape index (κ3) is 6.51. The van der Waals surface area contributed by atoms with Crippen LogP contribution in [0.25, 0.3) is 0 Å². The highest BCUT2D eigenvalue weighted by Gasteiger charge is 2.07. The number of rotatable bonds is 8. The van der Waals surface area contributed by atoms with Gasteiger partial charge in [-0.2, -0.15) is 0 Å². The summed E-state index contributed by atoms with van der Waals surface area (Å²) < 4.78 is 11.6. The van der Waals surface area contributed by atoms with E-state index in [1.807, 2.05) is 6.92 Å². The van der Waals surface area contributed by atoms with Gasteiger partial charge >= 0.3 is 0 Å². The average Bonchev–Trinajstić information content (AvgIpc) is 2.19. The number of nitrogens with two attached hydrogens (primary N) is 1. The van der Waals surface area contributed by atoms with E-state index in [1.165, 1.54) is 0 Å². The molecule has 3 nitrogen and oxygen atoms in total. The molecule has 14 heavy (non-hydrogen) atoms. The second-order valence-corrected chi connectivity index (χ2v) is 5.13. The fraction of sp³-hybridized carbons (Fsp3) is 1.00. The molecule has 2 unspecified atom stereocenters. The van der Waals surface area contributed by atoms with E-state index in [1.54, 1.807) is 0 Å². The normalized spacial score (nSPS) is 15.8. The second-order valence-electron chi connectivity index (χ2n) is 3.51. The Labute approximate surface area is 90.5 Å². The largest absolute Gasteiger partial charge is 0.327 e. The fourth-order valence-electron chi connectivity index (χ4n) is 1.21. The number of hydrogen-bond donors (Lipinski definition) is 1. The van der Waals surface area contributed by atoms with Crippen LogP contribution in [0.5, 0.6) is 0 Å². The van der Waals surface area contributed by atoms with Crippen LogP contribution in [0.15, 0.2) is 0 Å². The van der Waals surface area contributed by atoms with Crippen LogP contribution in [-0.4, -0.2) is 46.3 Å². The quantitative estimate of drug-likeness (QED) is 0.658. The Morgan fingerprint density at radius 2 is 1.86 bits per heavy atom. The third-order valence-corrected chi connectivity index (χ3v) is 3.89. The maximum atomic E-state index is 11.6. The summed E-state index contributed by atoms with van der Waals surface area (Å²) in [5, 5.41) is 0. The van der Waals surface area contributed by atoms with Gasteiger partial charge in [-0.3, -0.25) is 4.21 Å². The van der Waals surface area contributed by atoms with Gasteiger partial charge in [-0.25, -0.2) is 0 Å². The van der Waals surface area contributed by atoms with Gasteiger partial charge in [0.25, 0.3) is 0 Å². The molecule has 0 aliphatic carbocycles. The van der Waals surface area contributed by atoms with Crippen molar-refractivity contribution in [3.8, 4) is 0 Å². The molecule has 0 heterocycles. The molecule has 2 N–H and O–H groups in total. The minimum atomic E-state index is -0.740. The summed E-state index contributed by atoms with van der Waals surface area (Å²) >= 11 is 0. The second kappa shape index (κ2) is 8.38. The molecule has 0 saturated heterocycles. The van der Waals surface area contributed by atoms with E-state index in [0.717, 1.165) is 31.8 Å². The van der Waals surface area contributed by atoms with Crippen LogP contribution in [0.2, 0.25) is 0 Å². The van der Waals surface area contributed by atoms with Gasteiger partial charge in [-0.15, -0.1) is 0 Å². The molecule has 0 rings (SSSR count). The number of hydrogen-bond acceptors (Lipinski definition) is 3. The van der Waals surface area contributed by atoms with Crippen LogP contribution in [0.4, 0.5) is 0 Å². The molecule has 0 aliphatic rings. The monoisotopic (exact) mass is 220 g/mol. The Morgan fingerprint density at radius 1 is 1.29 bits per heavy atom. The Morgan fingerprint density at radius 3 is 2.29 bits per heavy atom. The predicted octanol–water partition coefficient (Wildman–Crippen LogP) is 0.814. The Balaban J connectivity index is 3.62. The lowest BCUT2D eigenvalue weighted by atomic mass is 10.3. The molecule has 0 aromatic carbocycles. The first-order valence-corrected chi connectivity index (χ1v) is 6.95. The van der Waals surface area contributed by atoms with Crippen molar-refractivity contribution in [2.45, 2.75) is 33.2 Å². The van der Waals surface area contributed by atoms with Crippen LogP contribution < -0.4 is 5.73 Å². The van der Waals surface area contributed by atoms with Crippen molar-refractivity contribution in [3.63, 3.8) is 0 Å². The Hall–Kier alpha value is 0.0700. The van der Waals surface area contributed by atoms with E-state index < -0.39 is 10.8 Å². The number of nitrogens with zero attached hydrogens (tertiary/aromatic N) is 1. The lowest BCUT2D eigenvalue weighted by Gasteiger charge is -2.17. The summed E-state index contributed by atoms with van der Waals surface area (Å²) in [5.41, 5.74) is 5.74. The van der Waals surface area contributed by atoms with Crippen LogP contribution in [0.1, 0.15) is 27.2 Å². The molecule has 0 fully saturated rings. The van der Waals surface area contributed by atoms with Crippen molar-refractivity contribution in [2.75, 3.05) is 31.1 Å². The zero-order chi connectivity index (χ0) is 11.0. The highest BCUT2D eigenvalue weighted by atomic mass is 32.2. The van der Waals surface area contributed by atoms with E-state index >= 15 is 0 Å². The summed E-state index contributed by atoms with van der Waals surface area (Å²) in [4.78, 5) is 2.29. The molecule has 0 aliphatic heterocycles. The molecular formula is C10H24N2OS. The van der Waals surface area contributed by atoms with Crippen LogP contribution in [0, 0.1) is 0 Å². The Kier molecular flexibility index (Phi) is 8.43. The first kappa shape index (κ1) is 14.1. The third-order valence-electron chi connectivity index (χ3n) is 2.45. The van der Waals surface area contributed by atoms with Crippen molar-refractivity contribution >= 4 is 10.8 Å². The van der Waals surface area contributed by atoms with Gasteiger partial charge in [0.05, 0.1) is 0 Å². The SMILES string of the molecule is CCC(N)CS(=O)CCN(CC)CC. The highest BCUT2D eigenvalue weighted by molar-refractivity contribution is 7.85. The van der Waals surface area contributed by atoms with Crippen molar-refractivity contribution in [2.24, 2.45) is 5.73 Å². The molecule has 0 radical (unpaired) electrons. The molecule has 86 valence electrons. The van der Waals surface area contributed by atoms with Gasteiger partial charge in [-0.05, 0) is 19.5 Å². The van der Waals surface area contributed by atoms with E-state index in [0.29, 0.717) is 5.75 Å². The predicted molar refractivity (Wildman–Crippen MR) is 63.9 cm³/mol. The molecular weight excluding hydrogens is 196 g/mol. The molecule has 0 bridgehead atoms. The van der Waals surface area contributed by atoms with E-state index in [9.17, 15) is 4.21 Å². The maximum Gasteiger partial charge on any atom is 0.0387 e. The van der Waals surface area contributed by atoms with Crippen LogP contribution in [0.3, 0.4) is 0 Å². The van der Waals surface area contributed by atoms with Crippen molar-refractivity contribution in [1.29, 1.82) is 0 Å². The maximum absolute atomic E-state index is 11.6. The molecule has 0 amide bonds. The highest BCUT2D eigenvalue weighted by Crippen LogP contribution is 1.94.